The number of nitrogens with zero attached hydrogens (tertiary/aromatic N) is 1. The molecule has 0 saturated carbocycles. The van der Waals surface area contributed by atoms with Crippen molar-refractivity contribution in [3.8, 4) is 0 Å². The third-order valence-corrected chi connectivity index (χ3v) is 3.41. The maximum absolute atomic E-state index is 5.94. The van der Waals surface area contributed by atoms with Gasteiger partial charge in [0.15, 0.2) is 0 Å². The molecule has 1 rings (SSSR count). The van der Waals surface area contributed by atoms with Gasteiger partial charge < -0.3 is 5.32 Å². The molecule has 1 aromatic carbocycles. The normalized spacial score (nSPS) is 12.8. The molecule has 3 heteroatoms. The molecule has 0 spiro atoms. The van der Waals surface area contributed by atoms with E-state index in [1.54, 1.807) is 0 Å². The van der Waals surface area contributed by atoms with Crippen LogP contribution in [0.1, 0.15) is 27.2 Å². The fraction of sp³-hybridized carbons (Fsp3) is 0.571. The zero-order valence-electron chi connectivity index (χ0n) is 11.0. The Hall–Kier alpha value is -0.730. The van der Waals surface area contributed by atoms with Gasteiger partial charge in [-0.15, -0.1) is 0 Å². The molecule has 0 heterocycles. The highest BCUT2D eigenvalue weighted by Crippen LogP contribution is 2.14. The van der Waals surface area contributed by atoms with Gasteiger partial charge in [-0.2, -0.15) is 0 Å². The Morgan fingerprint density at radius 3 is 2.71 bits per heavy atom. The monoisotopic (exact) mass is 254 g/mol. The first kappa shape index (κ1) is 14.3. The highest BCUT2D eigenvalue weighted by atomic mass is 35.5. The van der Waals surface area contributed by atoms with Gasteiger partial charge in [-0.1, -0.05) is 31.5 Å². The molecule has 0 amide bonds. The largest absolute Gasteiger partial charge is 0.384 e. The number of hydrogen-bond acceptors (Lipinski definition) is 2. The van der Waals surface area contributed by atoms with Crippen LogP contribution in [0, 0.1) is 0 Å². The third kappa shape index (κ3) is 4.97. The van der Waals surface area contributed by atoms with E-state index in [-0.39, 0.29) is 0 Å². The fourth-order valence-electron chi connectivity index (χ4n) is 1.89. The zero-order chi connectivity index (χ0) is 12.7. The van der Waals surface area contributed by atoms with Crippen LogP contribution in [0.3, 0.4) is 0 Å². The number of nitrogens with one attached hydrogen (secondary N) is 1. The van der Waals surface area contributed by atoms with E-state index in [9.17, 15) is 0 Å². The number of rotatable bonds is 7. The molecule has 17 heavy (non-hydrogen) atoms. The summed E-state index contributed by atoms with van der Waals surface area (Å²) in [7, 11) is 0. The van der Waals surface area contributed by atoms with E-state index in [0.717, 1.165) is 30.3 Å². The van der Waals surface area contributed by atoms with Gasteiger partial charge in [0.05, 0.1) is 0 Å². The highest BCUT2D eigenvalue weighted by molar-refractivity contribution is 6.30. The second-order valence-electron chi connectivity index (χ2n) is 4.32. The number of halogens is 1. The third-order valence-electron chi connectivity index (χ3n) is 3.17. The van der Waals surface area contributed by atoms with Crippen LogP contribution < -0.4 is 5.32 Å². The summed E-state index contributed by atoms with van der Waals surface area (Å²) in [5, 5.41) is 4.18. The highest BCUT2D eigenvalue weighted by Gasteiger charge is 2.08. The molecule has 0 saturated heterocycles. The first-order valence-electron chi connectivity index (χ1n) is 6.40. The van der Waals surface area contributed by atoms with Crippen molar-refractivity contribution in [2.45, 2.75) is 33.2 Å². The van der Waals surface area contributed by atoms with Gasteiger partial charge in [0.1, 0.15) is 0 Å². The number of anilines is 1. The van der Waals surface area contributed by atoms with Crippen LogP contribution in [0.4, 0.5) is 5.69 Å². The minimum absolute atomic E-state index is 0.654. The van der Waals surface area contributed by atoms with Gasteiger partial charge in [0.2, 0.25) is 0 Å². The summed E-state index contributed by atoms with van der Waals surface area (Å²) in [4.78, 5) is 2.48. The molecule has 0 aliphatic carbocycles. The molecule has 0 aromatic heterocycles. The lowest BCUT2D eigenvalue weighted by Crippen LogP contribution is -2.36. The lowest BCUT2D eigenvalue weighted by atomic mass is 10.2. The predicted octanol–water partition coefficient (Wildman–Crippen LogP) is 3.87. The Labute approximate surface area is 110 Å². The van der Waals surface area contributed by atoms with Crippen LogP contribution in [0.5, 0.6) is 0 Å². The van der Waals surface area contributed by atoms with Crippen molar-refractivity contribution in [3.63, 3.8) is 0 Å². The molecule has 0 aliphatic heterocycles. The minimum atomic E-state index is 0.654. The molecule has 0 fully saturated rings. The summed E-state index contributed by atoms with van der Waals surface area (Å²) >= 11 is 5.94. The number of likely N-dealkylation sites (N-methyl/N-ethyl adjacent to an activating group) is 1. The summed E-state index contributed by atoms with van der Waals surface area (Å²) in [5.74, 6) is 0. The van der Waals surface area contributed by atoms with E-state index in [1.807, 2.05) is 24.3 Å². The summed E-state index contributed by atoms with van der Waals surface area (Å²) in [6.07, 6.45) is 1.20. The summed E-state index contributed by atoms with van der Waals surface area (Å²) in [5.41, 5.74) is 1.10. The van der Waals surface area contributed by atoms with E-state index in [1.165, 1.54) is 6.42 Å². The first-order chi connectivity index (χ1) is 8.17. The van der Waals surface area contributed by atoms with Crippen LogP contribution in [0.15, 0.2) is 24.3 Å². The Kier molecular flexibility index (Phi) is 6.38. The average molecular weight is 255 g/mol. The first-order valence-corrected chi connectivity index (χ1v) is 6.78. The van der Waals surface area contributed by atoms with Crippen molar-refractivity contribution in [1.29, 1.82) is 0 Å². The Balaban J connectivity index is 2.36. The molecule has 96 valence electrons. The van der Waals surface area contributed by atoms with Gasteiger partial charge in [-0.25, -0.2) is 0 Å². The molecule has 0 radical (unpaired) electrons. The molecule has 1 aromatic rings. The topological polar surface area (TPSA) is 15.3 Å². The van der Waals surface area contributed by atoms with Crippen LogP contribution in [-0.2, 0) is 0 Å². The van der Waals surface area contributed by atoms with Gasteiger partial charge in [0.25, 0.3) is 0 Å². The summed E-state index contributed by atoms with van der Waals surface area (Å²) < 4.78 is 0. The Morgan fingerprint density at radius 1 is 1.35 bits per heavy atom. The Bertz CT molecular complexity index is 328. The molecular weight excluding hydrogens is 232 g/mol. The van der Waals surface area contributed by atoms with Gasteiger partial charge in [0, 0.05) is 29.8 Å². The quantitative estimate of drug-likeness (QED) is 0.795. The van der Waals surface area contributed by atoms with Gasteiger partial charge >= 0.3 is 0 Å². The van der Waals surface area contributed by atoms with Crippen molar-refractivity contribution in [2.75, 3.05) is 25.0 Å². The average Bonchev–Trinajstić information content (AvgIpc) is 2.34. The van der Waals surface area contributed by atoms with Crippen LogP contribution in [0.2, 0.25) is 5.02 Å². The van der Waals surface area contributed by atoms with Crippen LogP contribution in [-0.4, -0.2) is 30.6 Å². The predicted molar refractivity (Wildman–Crippen MR) is 76.9 cm³/mol. The number of benzene rings is 1. The standard InChI is InChI=1S/C14H23ClN2/c1-4-12(3)17(5-2)10-9-16-14-8-6-7-13(15)11-14/h6-8,11-12,16H,4-5,9-10H2,1-3H3. The SMILES string of the molecule is CCC(C)N(CC)CCNc1cccc(Cl)c1. The second kappa shape index (κ2) is 7.57. The molecule has 1 N–H and O–H groups in total. The fourth-order valence-corrected chi connectivity index (χ4v) is 2.08. The van der Waals surface area contributed by atoms with Crippen molar-refractivity contribution >= 4 is 17.3 Å². The zero-order valence-corrected chi connectivity index (χ0v) is 11.8. The van der Waals surface area contributed by atoms with Crippen molar-refractivity contribution in [2.24, 2.45) is 0 Å². The molecule has 1 unspecified atom stereocenters. The smallest absolute Gasteiger partial charge is 0.0426 e. The van der Waals surface area contributed by atoms with E-state index in [4.69, 9.17) is 11.6 Å². The van der Waals surface area contributed by atoms with Crippen molar-refractivity contribution in [1.82, 2.24) is 4.90 Å². The molecule has 0 aliphatic rings. The second-order valence-corrected chi connectivity index (χ2v) is 4.76. The summed E-state index contributed by atoms with van der Waals surface area (Å²) in [6, 6.07) is 8.52. The lowest BCUT2D eigenvalue weighted by molar-refractivity contribution is 0.223. The van der Waals surface area contributed by atoms with Crippen LogP contribution >= 0.6 is 11.6 Å². The van der Waals surface area contributed by atoms with E-state index in [0.29, 0.717) is 6.04 Å². The Morgan fingerprint density at radius 2 is 2.12 bits per heavy atom. The minimum Gasteiger partial charge on any atom is -0.384 e. The molecule has 0 bridgehead atoms. The van der Waals surface area contributed by atoms with Crippen LogP contribution in [0.25, 0.3) is 0 Å². The lowest BCUT2D eigenvalue weighted by Gasteiger charge is -2.27. The molecule has 1 atom stereocenters. The van der Waals surface area contributed by atoms with E-state index >= 15 is 0 Å². The summed E-state index contributed by atoms with van der Waals surface area (Å²) in [6.45, 7) is 9.86. The number of hydrogen-bond donors (Lipinski definition) is 1. The van der Waals surface area contributed by atoms with Gasteiger partial charge in [-0.3, -0.25) is 4.90 Å². The van der Waals surface area contributed by atoms with Crippen molar-refractivity contribution in [3.05, 3.63) is 29.3 Å². The van der Waals surface area contributed by atoms with E-state index < -0.39 is 0 Å². The van der Waals surface area contributed by atoms with Crippen molar-refractivity contribution < 1.29 is 0 Å². The van der Waals surface area contributed by atoms with Gasteiger partial charge in [-0.05, 0) is 38.1 Å². The molecular formula is C14H23ClN2. The molecule has 2 nitrogen and oxygen atoms in total. The maximum Gasteiger partial charge on any atom is 0.0426 e. The van der Waals surface area contributed by atoms with E-state index in [2.05, 4.69) is 31.0 Å². The maximum atomic E-state index is 5.94.